The summed E-state index contributed by atoms with van der Waals surface area (Å²) in [5.41, 5.74) is -2.35. The monoisotopic (exact) mass is 277 g/mol. The smallest absolute Gasteiger partial charge is 0.471 e. The summed E-state index contributed by atoms with van der Waals surface area (Å²) in [6.07, 6.45) is -5.19. The summed E-state index contributed by atoms with van der Waals surface area (Å²) >= 11 is 0. The maximum atomic E-state index is 12.2. The van der Waals surface area contributed by atoms with Gasteiger partial charge in [0.2, 0.25) is 0 Å². The fraction of sp³-hybridized carbons (Fsp3) is 0.273. The molecule has 0 aliphatic heterocycles. The van der Waals surface area contributed by atoms with Crippen molar-refractivity contribution in [3.8, 4) is 5.75 Å². The SMILES string of the molecule is CC(NC(=O)C(F)(F)F)(C(=O)O)c1ccc(O)cc1. The molecular weight excluding hydrogens is 267 g/mol. The number of carboxylic acid groups (broad SMARTS) is 1. The van der Waals surface area contributed by atoms with Crippen LogP contribution in [0.1, 0.15) is 12.5 Å². The van der Waals surface area contributed by atoms with Gasteiger partial charge in [0, 0.05) is 0 Å². The van der Waals surface area contributed by atoms with Crippen LogP contribution in [0.3, 0.4) is 0 Å². The van der Waals surface area contributed by atoms with Crippen LogP contribution >= 0.6 is 0 Å². The number of aromatic hydroxyl groups is 1. The van der Waals surface area contributed by atoms with E-state index >= 15 is 0 Å². The molecule has 0 saturated carbocycles. The fourth-order valence-electron chi connectivity index (χ4n) is 1.34. The van der Waals surface area contributed by atoms with Crippen molar-refractivity contribution >= 4 is 11.9 Å². The molecular formula is C11H10F3NO4. The first kappa shape index (κ1) is 14.8. The van der Waals surface area contributed by atoms with E-state index in [4.69, 9.17) is 10.2 Å². The van der Waals surface area contributed by atoms with Gasteiger partial charge in [-0.1, -0.05) is 12.1 Å². The number of carbonyl (C=O) groups is 2. The van der Waals surface area contributed by atoms with E-state index in [9.17, 15) is 22.8 Å². The van der Waals surface area contributed by atoms with Crippen molar-refractivity contribution in [2.24, 2.45) is 0 Å². The number of halogens is 3. The minimum Gasteiger partial charge on any atom is -0.508 e. The van der Waals surface area contributed by atoms with Gasteiger partial charge in [0.1, 0.15) is 5.75 Å². The van der Waals surface area contributed by atoms with Crippen molar-refractivity contribution in [2.45, 2.75) is 18.6 Å². The van der Waals surface area contributed by atoms with Crippen LogP contribution < -0.4 is 5.32 Å². The Morgan fingerprint density at radius 3 is 2.00 bits per heavy atom. The molecule has 104 valence electrons. The number of rotatable bonds is 3. The third kappa shape index (κ3) is 3.15. The van der Waals surface area contributed by atoms with E-state index in [1.807, 2.05) is 0 Å². The number of carboxylic acids is 1. The normalized spacial score (nSPS) is 14.5. The van der Waals surface area contributed by atoms with E-state index in [-0.39, 0.29) is 11.3 Å². The number of hydrogen-bond donors (Lipinski definition) is 3. The van der Waals surface area contributed by atoms with Crippen LogP contribution in [0.5, 0.6) is 5.75 Å². The number of phenolic OH excluding ortho intramolecular Hbond substituents is 1. The largest absolute Gasteiger partial charge is 0.508 e. The van der Waals surface area contributed by atoms with Crippen molar-refractivity contribution in [1.29, 1.82) is 0 Å². The van der Waals surface area contributed by atoms with Gasteiger partial charge in [-0.3, -0.25) is 4.79 Å². The quantitative estimate of drug-likeness (QED) is 0.778. The first-order valence-corrected chi connectivity index (χ1v) is 4.99. The van der Waals surface area contributed by atoms with Gasteiger partial charge in [0.25, 0.3) is 0 Å². The van der Waals surface area contributed by atoms with Crippen LogP contribution in [-0.4, -0.2) is 28.3 Å². The lowest BCUT2D eigenvalue weighted by Crippen LogP contribution is -2.53. The second-order valence-electron chi connectivity index (χ2n) is 3.93. The molecule has 1 atom stereocenters. The molecule has 0 aliphatic rings. The van der Waals surface area contributed by atoms with E-state index in [2.05, 4.69) is 0 Å². The van der Waals surface area contributed by atoms with E-state index in [1.54, 1.807) is 0 Å². The summed E-state index contributed by atoms with van der Waals surface area (Å²) in [6.45, 7) is 0.922. The standard InChI is InChI=1S/C11H10F3NO4/c1-10(9(18)19,15-8(17)11(12,13)14)6-2-4-7(16)5-3-6/h2-5,16H,1H3,(H,15,17)(H,18,19). The van der Waals surface area contributed by atoms with Crippen LogP contribution in [0.2, 0.25) is 0 Å². The maximum absolute atomic E-state index is 12.2. The van der Waals surface area contributed by atoms with Crippen LogP contribution in [0.25, 0.3) is 0 Å². The number of aliphatic carboxylic acids is 1. The predicted molar refractivity (Wildman–Crippen MR) is 57.3 cm³/mol. The lowest BCUT2D eigenvalue weighted by Gasteiger charge is -2.27. The van der Waals surface area contributed by atoms with Gasteiger partial charge in [-0.05, 0) is 24.6 Å². The number of carbonyl (C=O) groups excluding carboxylic acids is 1. The number of alkyl halides is 3. The average Bonchev–Trinajstić information content (AvgIpc) is 2.28. The van der Waals surface area contributed by atoms with Crippen molar-refractivity contribution in [3.63, 3.8) is 0 Å². The van der Waals surface area contributed by atoms with Gasteiger partial charge in [0.05, 0.1) is 0 Å². The first-order valence-electron chi connectivity index (χ1n) is 4.99. The molecule has 0 fully saturated rings. The first-order chi connectivity index (χ1) is 8.57. The van der Waals surface area contributed by atoms with Gasteiger partial charge >= 0.3 is 18.1 Å². The molecule has 0 spiro atoms. The molecule has 0 aliphatic carbocycles. The number of benzene rings is 1. The fourth-order valence-corrected chi connectivity index (χ4v) is 1.34. The molecule has 8 heteroatoms. The minimum atomic E-state index is -5.19. The summed E-state index contributed by atoms with van der Waals surface area (Å²) < 4.78 is 36.5. The topological polar surface area (TPSA) is 86.6 Å². The molecule has 0 aromatic heterocycles. The lowest BCUT2D eigenvalue weighted by molar-refractivity contribution is -0.177. The molecule has 19 heavy (non-hydrogen) atoms. The summed E-state index contributed by atoms with van der Waals surface area (Å²) in [7, 11) is 0. The Balaban J connectivity index is 3.15. The van der Waals surface area contributed by atoms with Crippen LogP contribution in [0.4, 0.5) is 13.2 Å². The third-order valence-electron chi connectivity index (χ3n) is 2.49. The van der Waals surface area contributed by atoms with Crippen molar-refractivity contribution in [2.75, 3.05) is 0 Å². The second kappa shape index (κ2) is 4.79. The van der Waals surface area contributed by atoms with E-state index in [0.717, 1.165) is 31.2 Å². The molecule has 1 rings (SSSR count). The number of nitrogens with one attached hydrogen (secondary N) is 1. The molecule has 1 aromatic carbocycles. The van der Waals surface area contributed by atoms with E-state index < -0.39 is 23.6 Å². The van der Waals surface area contributed by atoms with Gasteiger partial charge in [-0.15, -0.1) is 0 Å². The van der Waals surface area contributed by atoms with Gasteiger partial charge in [-0.2, -0.15) is 13.2 Å². The van der Waals surface area contributed by atoms with E-state index in [0.29, 0.717) is 0 Å². The molecule has 1 amide bonds. The average molecular weight is 277 g/mol. The van der Waals surface area contributed by atoms with Gasteiger partial charge in [0.15, 0.2) is 5.54 Å². The third-order valence-corrected chi connectivity index (χ3v) is 2.49. The van der Waals surface area contributed by atoms with Crippen molar-refractivity contribution in [3.05, 3.63) is 29.8 Å². The zero-order valence-corrected chi connectivity index (χ0v) is 9.65. The molecule has 3 N–H and O–H groups in total. The highest BCUT2D eigenvalue weighted by Crippen LogP contribution is 2.25. The zero-order chi connectivity index (χ0) is 14.8. The highest BCUT2D eigenvalue weighted by Gasteiger charge is 2.46. The Labute approximate surface area is 105 Å². The predicted octanol–water partition coefficient (Wildman–Crippen LogP) is 1.37. The molecule has 0 heterocycles. The molecule has 0 saturated heterocycles. The highest BCUT2D eigenvalue weighted by molar-refractivity contribution is 5.90. The molecule has 1 unspecified atom stereocenters. The van der Waals surface area contributed by atoms with Gasteiger partial charge < -0.3 is 15.5 Å². The Kier molecular flexibility index (Phi) is 3.73. The molecule has 0 bridgehead atoms. The number of amides is 1. The van der Waals surface area contributed by atoms with Gasteiger partial charge in [-0.25, -0.2) is 4.79 Å². The molecule has 5 nitrogen and oxygen atoms in total. The number of phenols is 1. The minimum absolute atomic E-state index is 0.101. The Bertz CT molecular complexity index is 498. The van der Waals surface area contributed by atoms with E-state index in [1.165, 1.54) is 5.32 Å². The van der Waals surface area contributed by atoms with Crippen LogP contribution in [-0.2, 0) is 15.1 Å². The molecule has 1 aromatic rings. The summed E-state index contributed by atoms with van der Waals surface area (Å²) in [6, 6.07) is 4.44. The Morgan fingerprint density at radius 2 is 1.63 bits per heavy atom. The van der Waals surface area contributed by atoms with Crippen molar-refractivity contribution < 1.29 is 33.0 Å². The Hall–Kier alpha value is -2.25. The lowest BCUT2D eigenvalue weighted by atomic mass is 9.92. The summed E-state index contributed by atoms with van der Waals surface area (Å²) in [5, 5.41) is 19.5. The van der Waals surface area contributed by atoms with Crippen LogP contribution in [0.15, 0.2) is 24.3 Å². The zero-order valence-electron chi connectivity index (χ0n) is 9.65. The maximum Gasteiger partial charge on any atom is 0.471 e. The highest BCUT2D eigenvalue weighted by atomic mass is 19.4. The van der Waals surface area contributed by atoms with Crippen molar-refractivity contribution in [1.82, 2.24) is 5.32 Å². The number of hydrogen-bond acceptors (Lipinski definition) is 3. The Morgan fingerprint density at radius 1 is 1.16 bits per heavy atom. The second-order valence-corrected chi connectivity index (χ2v) is 3.93. The summed E-state index contributed by atoms with van der Waals surface area (Å²) in [4.78, 5) is 22.0. The molecule has 0 radical (unpaired) electrons. The van der Waals surface area contributed by atoms with Crippen LogP contribution in [0, 0.1) is 0 Å². The summed E-state index contributed by atoms with van der Waals surface area (Å²) in [5.74, 6) is -4.19.